The summed E-state index contributed by atoms with van der Waals surface area (Å²) < 4.78 is 5.92. The summed E-state index contributed by atoms with van der Waals surface area (Å²) in [5.74, 6) is 0.830. The normalized spacial score (nSPS) is 41.4. The maximum absolute atomic E-state index is 13.5. The zero-order chi connectivity index (χ0) is 20.1. The molecule has 0 radical (unpaired) electrons. The molecule has 0 aliphatic carbocycles. The van der Waals surface area contributed by atoms with E-state index in [1.165, 1.54) is 0 Å². The van der Waals surface area contributed by atoms with Crippen LogP contribution >= 0.6 is 0 Å². The molecule has 0 saturated carbocycles. The molecular weight excluding hydrogens is 352 g/mol. The first-order valence-corrected chi connectivity index (χ1v) is 9.88. The van der Waals surface area contributed by atoms with Gasteiger partial charge in [0, 0.05) is 26.2 Å². The molecule has 4 heterocycles. The highest BCUT2D eigenvalue weighted by atomic mass is 16.5. The summed E-state index contributed by atoms with van der Waals surface area (Å²) in [7, 11) is 0. The number of carbonyl (C=O) groups excluding carboxylic acids is 1. The Labute approximate surface area is 160 Å². The number of nitrogens with zero attached hydrogens (tertiary/aromatic N) is 2. The van der Waals surface area contributed by atoms with E-state index in [9.17, 15) is 20.1 Å². The first-order chi connectivity index (χ1) is 12.6. The van der Waals surface area contributed by atoms with Gasteiger partial charge in [0.25, 0.3) is 0 Å². The van der Waals surface area contributed by atoms with Gasteiger partial charge in [0.15, 0.2) is 12.1 Å². The van der Waals surface area contributed by atoms with Crippen LogP contribution in [0.5, 0.6) is 0 Å². The fraction of sp³-hybridized carbons (Fsp3) is 0.947. The molecule has 4 bridgehead atoms. The van der Waals surface area contributed by atoms with Gasteiger partial charge in [-0.1, -0.05) is 27.7 Å². The molecule has 3 unspecified atom stereocenters. The summed E-state index contributed by atoms with van der Waals surface area (Å²) in [5, 5.41) is 38.3. The van der Waals surface area contributed by atoms with Crippen LogP contribution in [-0.4, -0.2) is 100 Å². The van der Waals surface area contributed by atoms with Gasteiger partial charge >= 0.3 is 0 Å². The van der Waals surface area contributed by atoms with E-state index in [0.717, 1.165) is 0 Å². The second-order valence-electron chi connectivity index (χ2n) is 9.23. The van der Waals surface area contributed by atoms with Crippen LogP contribution in [0.4, 0.5) is 0 Å². The smallest absolute Gasteiger partial charge is 0.168 e. The monoisotopic (exact) mass is 386 g/mol. The van der Waals surface area contributed by atoms with Gasteiger partial charge in [-0.25, -0.2) is 0 Å². The molecule has 3 atom stereocenters. The number of hydrogen-bond acceptors (Lipinski definition) is 8. The van der Waals surface area contributed by atoms with E-state index < -0.39 is 35.7 Å². The van der Waals surface area contributed by atoms with E-state index >= 15 is 0 Å². The third kappa shape index (κ3) is 3.15. The van der Waals surface area contributed by atoms with Gasteiger partial charge in [0.2, 0.25) is 0 Å². The molecule has 0 aromatic heterocycles. The van der Waals surface area contributed by atoms with Crippen LogP contribution in [0, 0.1) is 22.7 Å². The number of ketones is 1. The van der Waals surface area contributed by atoms with Crippen molar-refractivity contribution in [3.05, 3.63) is 0 Å². The van der Waals surface area contributed by atoms with Crippen molar-refractivity contribution in [3.8, 4) is 0 Å². The van der Waals surface area contributed by atoms with E-state index in [1.807, 2.05) is 0 Å². The SMILES string of the molecule is CC(C)C12CN3CC(C(C)C)(CN(C1)C3OCC(O)C(O)C(O)CO)C2=O. The van der Waals surface area contributed by atoms with Crippen LogP contribution in [0.2, 0.25) is 0 Å². The number of Topliss-reactive ketones (excluding diaryl/α,β-unsaturated/α-hetero) is 1. The molecular formula is C19H34N2O6. The van der Waals surface area contributed by atoms with Gasteiger partial charge in [0.05, 0.1) is 24.0 Å². The predicted molar refractivity (Wildman–Crippen MR) is 97.5 cm³/mol. The van der Waals surface area contributed by atoms with Gasteiger partial charge in [-0.15, -0.1) is 0 Å². The molecule has 8 heteroatoms. The van der Waals surface area contributed by atoms with Crippen LogP contribution in [-0.2, 0) is 9.53 Å². The molecule has 4 saturated heterocycles. The van der Waals surface area contributed by atoms with Crippen molar-refractivity contribution in [1.29, 1.82) is 0 Å². The topological polar surface area (TPSA) is 114 Å². The molecule has 0 amide bonds. The molecule has 4 N–H and O–H groups in total. The molecule has 0 spiro atoms. The Morgan fingerprint density at radius 1 is 0.963 bits per heavy atom. The van der Waals surface area contributed by atoms with E-state index in [4.69, 9.17) is 9.84 Å². The molecule has 4 rings (SSSR count). The first kappa shape index (κ1) is 21.1. The molecule has 0 aromatic rings. The Balaban J connectivity index is 1.75. The standard InChI is InChI=1S/C19H34N2O6/c1-11(2)18-7-20-9-19(12(3)4,16(18)26)10-21(8-18)17(20)27-6-14(24)15(25)13(23)5-22/h11-15,17,22-25H,5-10H2,1-4H3. The predicted octanol–water partition coefficient (Wildman–Crippen LogP) is -1.14. The Morgan fingerprint density at radius 2 is 1.41 bits per heavy atom. The summed E-state index contributed by atoms with van der Waals surface area (Å²) in [6, 6.07) is 0. The maximum atomic E-state index is 13.5. The highest BCUT2D eigenvalue weighted by Gasteiger charge is 2.67. The van der Waals surface area contributed by atoms with Crippen molar-refractivity contribution < 1.29 is 30.0 Å². The lowest BCUT2D eigenvalue weighted by molar-refractivity contribution is -0.282. The Bertz CT molecular complexity index is 522. The minimum absolute atomic E-state index is 0.160. The summed E-state index contributed by atoms with van der Waals surface area (Å²) in [5.41, 5.74) is -0.794. The van der Waals surface area contributed by atoms with E-state index in [-0.39, 0.29) is 24.8 Å². The van der Waals surface area contributed by atoms with E-state index in [1.54, 1.807) is 0 Å². The molecule has 27 heavy (non-hydrogen) atoms. The van der Waals surface area contributed by atoms with Crippen LogP contribution in [0.25, 0.3) is 0 Å². The van der Waals surface area contributed by atoms with Gasteiger partial charge < -0.3 is 25.2 Å². The molecule has 4 fully saturated rings. The highest BCUT2D eigenvalue weighted by Crippen LogP contribution is 2.54. The number of aliphatic hydroxyl groups is 4. The average Bonchev–Trinajstić information content (AvgIpc) is 2.61. The lowest BCUT2D eigenvalue weighted by Gasteiger charge is -2.67. The number of rotatable bonds is 8. The lowest BCUT2D eigenvalue weighted by Crippen LogP contribution is -2.81. The fourth-order valence-electron chi connectivity index (χ4n) is 5.10. The summed E-state index contributed by atoms with van der Waals surface area (Å²) in [4.78, 5) is 17.8. The second-order valence-corrected chi connectivity index (χ2v) is 9.23. The minimum Gasteiger partial charge on any atom is -0.394 e. The molecule has 156 valence electrons. The molecule has 4 aliphatic rings. The zero-order valence-corrected chi connectivity index (χ0v) is 16.7. The molecule has 0 aromatic carbocycles. The first-order valence-electron chi connectivity index (χ1n) is 9.88. The van der Waals surface area contributed by atoms with Crippen molar-refractivity contribution in [2.75, 3.05) is 39.4 Å². The Hall–Kier alpha value is -0.610. The Morgan fingerprint density at radius 3 is 1.78 bits per heavy atom. The maximum Gasteiger partial charge on any atom is 0.168 e. The molecule has 8 nitrogen and oxygen atoms in total. The van der Waals surface area contributed by atoms with Crippen molar-refractivity contribution in [2.45, 2.75) is 52.4 Å². The van der Waals surface area contributed by atoms with Crippen LogP contribution in [0.15, 0.2) is 0 Å². The summed E-state index contributed by atoms with van der Waals surface area (Å²) in [6.07, 6.45) is -4.53. The highest BCUT2D eigenvalue weighted by molar-refractivity contribution is 5.94. The van der Waals surface area contributed by atoms with Crippen LogP contribution in [0.3, 0.4) is 0 Å². The number of hydrogen-bond donors (Lipinski definition) is 4. The number of carbonyl (C=O) groups is 1. The number of aliphatic hydroxyl groups excluding tert-OH is 4. The van der Waals surface area contributed by atoms with E-state index in [2.05, 4.69) is 37.5 Å². The van der Waals surface area contributed by atoms with Crippen molar-refractivity contribution in [1.82, 2.24) is 9.80 Å². The van der Waals surface area contributed by atoms with E-state index in [0.29, 0.717) is 32.0 Å². The average molecular weight is 386 g/mol. The second kappa shape index (κ2) is 7.33. The van der Waals surface area contributed by atoms with Crippen molar-refractivity contribution in [3.63, 3.8) is 0 Å². The lowest BCUT2D eigenvalue weighted by atomic mass is 9.54. The minimum atomic E-state index is -1.47. The third-order valence-corrected chi connectivity index (χ3v) is 7.07. The fourth-order valence-corrected chi connectivity index (χ4v) is 5.10. The summed E-state index contributed by atoms with van der Waals surface area (Å²) in [6.45, 7) is 10.2. The largest absolute Gasteiger partial charge is 0.394 e. The van der Waals surface area contributed by atoms with Crippen molar-refractivity contribution >= 4 is 5.78 Å². The third-order valence-electron chi connectivity index (χ3n) is 7.07. The number of piperidine rings is 2. The Kier molecular flexibility index (Phi) is 5.73. The summed E-state index contributed by atoms with van der Waals surface area (Å²) >= 11 is 0. The van der Waals surface area contributed by atoms with Crippen molar-refractivity contribution in [2.24, 2.45) is 22.7 Å². The number of ether oxygens (including phenoxy) is 1. The quantitative estimate of drug-likeness (QED) is 0.414. The van der Waals surface area contributed by atoms with Gasteiger partial charge in [-0.05, 0) is 11.8 Å². The van der Waals surface area contributed by atoms with Gasteiger partial charge in [0.1, 0.15) is 18.3 Å². The zero-order valence-electron chi connectivity index (χ0n) is 16.7. The van der Waals surface area contributed by atoms with Gasteiger partial charge in [-0.3, -0.25) is 14.6 Å². The van der Waals surface area contributed by atoms with Crippen LogP contribution in [0.1, 0.15) is 27.7 Å². The van der Waals surface area contributed by atoms with Gasteiger partial charge in [-0.2, -0.15) is 0 Å². The molecule has 4 aliphatic heterocycles. The van der Waals surface area contributed by atoms with Crippen LogP contribution < -0.4 is 0 Å².